The van der Waals surface area contributed by atoms with Crippen molar-refractivity contribution >= 4 is 28.0 Å². The fourth-order valence-corrected chi connectivity index (χ4v) is 2.73. The number of hydrogen-bond acceptors (Lipinski definition) is 6. The molecule has 16 heavy (non-hydrogen) atoms. The molecule has 0 unspecified atom stereocenters. The zero-order valence-corrected chi connectivity index (χ0v) is 9.97. The molecule has 0 aliphatic carbocycles. The lowest BCUT2D eigenvalue weighted by molar-refractivity contribution is 0.0607. The Morgan fingerprint density at radius 3 is 2.88 bits per heavy atom. The van der Waals surface area contributed by atoms with Crippen molar-refractivity contribution in [2.24, 2.45) is 0 Å². The highest BCUT2D eigenvalue weighted by atomic mass is 32.1. The normalized spacial score (nSPS) is 16.2. The number of nitrogens with zero attached hydrogens (tertiary/aromatic N) is 1. The zero-order valence-electron chi connectivity index (χ0n) is 9.16. The molecule has 6 heteroatoms. The molecular weight excluding hydrogens is 226 g/mol. The maximum atomic E-state index is 11.4. The van der Waals surface area contributed by atoms with E-state index in [0.29, 0.717) is 10.6 Å². The predicted molar refractivity (Wildman–Crippen MR) is 65.2 cm³/mol. The Morgan fingerprint density at radius 1 is 1.56 bits per heavy atom. The second kappa shape index (κ2) is 4.71. The van der Waals surface area contributed by atoms with Gasteiger partial charge in [-0.2, -0.15) is 0 Å². The van der Waals surface area contributed by atoms with Gasteiger partial charge in [-0.3, -0.25) is 0 Å². The first-order valence-corrected chi connectivity index (χ1v) is 5.97. The van der Waals surface area contributed by atoms with Crippen molar-refractivity contribution < 1.29 is 9.53 Å². The summed E-state index contributed by atoms with van der Waals surface area (Å²) in [6.45, 7) is 3.82. The van der Waals surface area contributed by atoms with Gasteiger partial charge in [0.2, 0.25) is 0 Å². The van der Waals surface area contributed by atoms with Crippen LogP contribution < -0.4 is 16.0 Å². The SMILES string of the molecule is COC(=O)c1sc(N2CCNCC2)cc1N. The second-order valence-corrected chi connectivity index (χ2v) is 4.63. The Bertz CT molecular complexity index is 385. The van der Waals surface area contributed by atoms with Crippen molar-refractivity contribution in [3.05, 3.63) is 10.9 Å². The highest BCUT2D eigenvalue weighted by Gasteiger charge is 2.19. The van der Waals surface area contributed by atoms with E-state index in [-0.39, 0.29) is 5.97 Å². The molecule has 0 radical (unpaired) electrons. The lowest BCUT2D eigenvalue weighted by Crippen LogP contribution is -2.43. The molecule has 0 saturated carbocycles. The number of carbonyl (C=O) groups is 1. The molecule has 1 aromatic rings. The van der Waals surface area contributed by atoms with Gasteiger partial charge in [0, 0.05) is 26.2 Å². The van der Waals surface area contributed by atoms with Crippen LogP contribution in [0.15, 0.2) is 6.07 Å². The standard InChI is InChI=1S/C10H15N3O2S/c1-15-10(14)9-7(11)6-8(16-9)13-4-2-12-3-5-13/h6,12H,2-5,11H2,1H3. The molecule has 0 amide bonds. The lowest BCUT2D eigenvalue weighted by atomic mass is 10.3. The summed E-state index contributed by atoms with van der Waals surface area (Å²) < 4.78 is 4.68. The molecule has 0 aromatic carbocycles. The number of hydrogen-bond donors (Lipinski definition) is 2. The number of piperazine rings is 1. The van der Waals surface area contributed by atoms with E-state index in [9.17, 15) is 4.79 Å². The fourth-order valence-electron chi connectivity index (χ4n) is 1.68. The summed E-state index contributed by atoms with van der Waals surface area (Å²) in [6.07, 6.45) is 0. The molecule has 1 aliphatic heterocycles. The molecule has 1 fully saturated rings. The Morgan fingerprint density at radius 2 is 2.25 bits per heavy atom. The van der Waals surface area contributed by atoms with Crippen LogP contribution in [0.5, 0.6) is 0 Å². The summed E-state index contributed by atoms with van der Waals surface area (Å²) >= 11 is 1.40. The van der Waals surface area contributed by atoms with Gasteiger partial charge < -0.3 is 20.7 Å². The highest BCUT2D eigenvalue weighted by molar-refractivity contribution is 7.18. The first-order valence-electron chi connectivity index (χ1n) is 5.15. The van der Waals surface area contributed by atoms with Crippen LogP contribution in [0.1, 0.15) is 9.67 Å². The molecule has 0 atom stereocenters. The van der Waals surface area contributed by atoms with E-state index in [2.05, 4.69) is 15.0 Å². The number of methoxy groups -OCH3 is 1. The van der Waals surface area contributed by atoms with E-state index < -0.39 is 0 Å². The molecular formula is C10H15N3O2S. The highest BCUT2D eigenvalue weighted by Crippen LogP contribution is 2.32. The van der Waals surface area contributed by atoms with Gasteiger partial charge in [0.1, 0.15) is 4.88 Å². The van der Waals surface area contributed by atoms with Crippen LogP contribution in [-0.2, 0) is 4.74 Å². The zero-order chi connectivity index (χ0) is 11.5. The van der Waals surface area contributed by atoms with Crippen LogP contribution in [-0.4, -0.2) is 39.3 Å². The summed E-state index contributed by atoms with van der Waals surface area (Å²) in [5, 5.41) is 4.32. The van der Waals surface area contributed by atoms with E-state index in [4.69, 9.17) is 5.73 Å². The van der Waals surface area contributed by atoms with Crippen molar-refractivity contribution in [1.29, 1.82) is 0 Å². The Hall–Kier alpha value is -1.27. The molecule has 2 heterocycles. The van der Waals surface area contributed by atoms with E-state index in [0.717, 1.165) is 31.2 Å². The van der Waals surface area contributed by atoms with Crippen LogP contribution >= 0.6 is 11.3 Å². The Kier molecular flexibility index (Phi) is 3.31. The van der Waals surface area contributed by atoms with Gasteiger partial charge in [0.25, 0.3) is 0 Å². The third-order valence-electron chi connectivity index (χ3n) is 2.55. The minimum absolute atomic E-state index is 0.358. The average molecular weight is 241 g/mol. The molecule has 0 bridgehead atoms. The van der Waals surface area contributed by atoms with Gasteiger partial charge >= 0.3 is 5.97 Å². The van der Waals surface area contributed by atoms with Crippen LogP contribution in [0.3, 0.4) is 0 Å². The number of carbonyl (C=O) groups excluding carboxylic acids is 1. The van der Waals surface area contributed by atoms with Gasteiger partial charge in [-0.05, 0) is 6.07 Å². The van der Waals surface area contributed by atoms with Gasteiger partial charge in [-0.15, -0.1) is 11.3 Å². The summed E-state index contributed by atoms with van der Waals surface area (Å²) in [4.78, 5) is 14.1. The van der Waals surface area contributed by atoms with Crippen LogP contribution in [0.2, 0.25) is 0 Å². The quantitative estimate of drug-likeness (QED) is 0.739. The number of nitrogens with one attached hydrogen (secondary N) is 1. The monoisotopic (exact) mass is 241 g/mol. The topological polar surface area (TPSA) is 67.6 Å². The number of thiophene rings is 1. The average Bonchev–Trinajstić information content (AvgIpc) is 2.71. The number of ether oxygens (including phenoxy) is 1. The molecule has 5 nitrogen and oxygen atoms in total. The summed E-state index contributed by atoms with van der Waals surface area (Å²) in [5.74, 6) is -0.358. The van der Waals surface area contributed by atoms with E-state index in [1.54, 1.807) is 0 Å². The number of nitrogen functional groups attached to an aromatic ring is 1. The Labute approximate surface area is 98.2 Å². The molecule has 1 aliphatic rings. The third kappa shape index (κ3) is 2.12. The van der Waals surface area contributed by atoms with Crippen molar-refractivity contribution in [3.63, 3.8) is 0 Å². The van der Waals surface area contributed by atoms with Crippen LogP contribution in [0.4, 0.5) is 10.7 Å². The van der Waals surface area contributed by atoms with E-state index >= 15 is 0 Å². The van der Waals surface area contributed by atoms with Crippen molar-refractivity contribution in [3.8, 4) is 0 Å². The van der Waals surface area contributed by atoms with Gasteiger partial charge in [-0.1, -0.05) is 0 Å². The van der Waals surface area contributed by atoms with Gasteiger partial charge in [0.05, 0.1) is 17.8 Å². The molecule has 1 saturated heterocycles. The van der Waals surface area contributed by atoms with E-state index in [1.165, 1.54) is 18.4 Å². The van der Waals surface area contributed by atoms with Crippen LogP contribution in [0, 0.1) is 0 Å². The first kappa shape index (κ1) is 11.2. The maximum Gasteiger partial charge on any atom is 0.350 e. The third-order valence-corrected chi connectivity index (χ3v) is 3.74. The van der Waals surface area contributed by atoms with Crippen molar-refractivity contribution in [2.45, 2.75) is 0 Å². The number of nitrogens with two attached hydrogens (primary N) is 1. The van der Waals surface area contributed by atoms with Gasteiger partial charge in [-0.25, -0.2) is 4.79 Å². The summed E-state index contributed by atoms with van der Waals surface area (Å²) in [6, 6.07) is 1.85. The van der Waals surface area contributed by atoms with Crippen molar-refractivity contribution in [1.82, 2.24) is 5.32 Å². The number of rotatable bonds is 2. The van der Waals surface area contributed by atoms with E-state index in [1.807, 2.05) is 6.07 Å². The smallest absolute Gasteiger partial charge is 0.350 e. The number of esters is 1. The predicted octanol–water partition coefficient (Wildman–Crippen LogP) is 0.526. The summed E-state index contributed by atoms with van der Waals surface area (Å²) in [7, 11) is 1.37. The molecule has 88 valence electrons. The fraction of sp³-hybridized carbons (Fsp3) is 0.500. The summed E-state index contributed by atoms with van der Waals surface area (Å²) in [5.41, 5.74) is 6.30. The largest absolute Gasteiger partial charge is 0.465 e. The Balaban J connectivity index is 2.19. The minimum Gasteiger partial charge on any atom is -0.465 e. The van der Waals surface area contributed by atoms with Gasteiger partial charge in [0.15, 0.2) is 0 Å². The first-order chi connectivity index (χ1) is 7.72. The van der Waals surface area contributed by atoms with Crippen molar-refractivity contribution in [2.75, 3.05) is 43.9 Å². The maximum absolute atomic E-state index is 11.4. The van der Waals surface area contributed by atoms with Crippen LogP contribution in [0.25, 0.3) is 0 Å². The molecule has 2 rings (SSSR count). The molecule has 1 aromatic heterocycles. The molecule has 0 spiro atoms. The minimum atomic E-state index is -0.358. The molecule has 3 N–H and O–H groups in total. The number of anilines is 2. The second-order valence-electron chi connectivity index (χ2n) is 3.60. The lowest BCUT2D eigenvalue weighted by Gasteiger charge is -2.27.